The number of carbonyl (C=O) groups is 3. The summed E-state index contributed by atoms with van der Waals surface area (Å²) in [7, 11) is -10.3. The van der Waals surface area contributed by atoms with Gasteiger partial charge in [0.05, 0.1) is 19.5 Å². The molecule has 2 aliphatic rings. The van der Waals surface area contributed by atoms with Gasteiger partial charge in [0.2, 0.25) is 5.91 Å². The third kappa shape index (κ3) is 12.6. The molecule has 2 fully saturated rings. The number of aliphatic hydroxyl groups excluding tert-OH is 1. The molecule has 1 aromatic carbocycles. The van der Waals surface area contributed by atoms with E-state index in [-0.39, 0.29) is 60.0 Å². The van der Waals surface area contributed by atoms with Crippen LogP contribution in [0.3, 0.4) is 0 Å². The second kappa shape index (κ2) is 20.7. The number of rotatable bonds is 20. The van der Waals surface area contributed by atoms with Gasteiger partial charge in [0.1, 0.15) is 54.3 Å². The lowest BCUT2D eigenvalue weighted by Crippen LogP contribution is -2.46. The van der Waals surface area contributed by atoms with E-state index in [0.29, 0.717) is 4.90 Å². The van der Waals surface area contributed by atoms with Crippen LogP contribution >= 0.6 is 27.4 Å². The molecule has 0 radical (unpaired) electrons. The van der Waals surface area contributed by atoms with Crippen LogP contribution in [0.1, 0.15) is 44.6 Å². The van der Waals surface area contributed by atoms with E-state index in [9.17, 15) is 48.1 Å². The van der Waals surface area contributed by atoms with Crippen LogP contribution in [0.25, 0.3) is 11.2 Å². The number of hydrogen-bond donors (Lipinski definition) is 7. The molecule has 1 amide bonds. The lowest BCUT2D eigenvalue weighted by Gasteiger charge is -2.25. The van der Waals surface area contributed by atoms with E-state index in [2.05, 4.69) is 36.4 Å². The van der Waals surface area contributed by atoms with Gasteiger partial charge in [-0.2, -0.15) is 4.98 Å². The van der Waals surface area contributed by atoms with Crippen LogP contribution in [0, 0.1) is 0 Å². The van der Waals surface area contributed by atoms with Crippen molar-refractivity contribution in [3.8, 4) is 0 Å². The highest BCUT2D eigenvalue weighted by molar-refractivity contribution is 8.13. The van der Waals surface area contributed by atoms with E-state index in [4.69, 9.17) is 34.7 Å². The lowest BCUT2D eigenvalue weighted by atomic mass is 10.1. The van der Waals surface area contributed by atoms with Crippen molar-refractivity contribution in [3.63, 3.8) is 0 Å². The van der Waals surface area contributed by atoms with E-state index in [1.807, 2.05) is 0 Å². The van der Waals surface area contributed by atoms with Crippen molar-refractivity contribution in [1.29, 1.82) is 0 Å². The zero-order valence-corrected chi connectivity index (χ0v) is 35.5. The van der Waals surface area contributed by atoms with Gasteiger partial charge < -0.3 is 50.8 Å². The Labute approximate surface area is 361 Å². The van der Waals surface area contributed by atoms with E-state index >= 15 is 0 Å². The van der Waals surface area contributed by atoms with E-state index in [0.717, 1.165) is 22.7 Å². The van der Waals surface area contributed by atoms with Crippen molar-refractivity contribution in [1.82, 2.24) is 34.4 Å². The summed E-state index contributed by atoms with van der Waals surface area (Å²) in [5.41, 5.74) is 10.9. The minimum Gasteiger partial charge on any atom is -0.455 e. The normalized spacial score (nSPS) is 23.8. The molecule has 0 bridgehead atoms. The molecule has 2 aliphatic heterocycles. The van der Waals surface area contributed by atoms with Crippen LogP contribution in [-0.4, -0.2) is 116 Å². The quantitative estimate of drug-likeness (QED) is 0.0280. The van der Waals surface area contributed by atoms with E-state index < -0.39 is 95.4 Å². The van der Waals surface area contributed by atoms with Gasteiger partial charge in [0, 0.05) is 30.4 Å². The minimum atomic E-state index is -5.26. The summed E-state index contributed by atoms with van der Waals surface area (Å²) in [4.78, 5) is 98.3. The first-order chi connectivity index (χ1) is 29.9. The zero-order valence-electron chi connectivity index (χ0n) is 32.9. The number of esters is 1. The number of thioether (sulfide) groups is 1. The topological polar surface area (TPSA) is 364 Å². The first-order valence-electron chi connectivity index (χ1n) is 18.9. The Hall–Kier alpha value is -4.95. The number of ether oxygens (including phenoxy) is 3. The molecule has 340 valence electrons. The van der Waals surface area contributed by atoms with Crippen LogP contribution in [0.5, 0.6) is 0 Å². The molecule has 6 rings (SSSR count). The maximum Gasteiger partial charge on any atom is 0.472 e. The number of fused-ring (bicyclic) bond motifs is 1. The Bertz CT molecular complexity index is 2440. The summed E-state index contributed by atoms with van der Waals surface area (Å²) in [6.45, 7) is 1.80. The molecule has 2 unspecified atom stereocenters. The molecular weight excluding hydrogens is 896 g/mol. The average Bonchev–Trinajstić information content (AvgIpc) is 3.92. The number of phosphoric ester groups is 2. The number of anilines is 2. The van der Waals surface area contributed by atoms with Gasteiger partial charge in [-0.1, -0.05) is 36.0 Å². The summed E-state index contributed by atoms with van der Waals surface area (Å²) in [6.07, 6.45) is -6.19. The number of nitrogen functional groups attached to an aromatic ring is 2. The standard InChI is InChI=1S/C35H43N9O16P2S/c1-2-3-9-25(45)41-20(10-11-27(46)63-19-7-5-4-6-8-19)34(48)59-30-23(58-33(29(30)47)44-18-40-28-31(37)38-17-39-32(28)44)16-56-62(53,54)60-21-14-26(43-13-12-24(36)42-35(43)49)57-22(21)15-55-61(50,51)52/h2,4-8,12-13,17-18,20-23,26,29-30,33,47H,1,3,9-11,14-16H2,(H,41,45)(H,53,54)(H2,36,42,49)(H2,37,38,39)(H2,50,51,52)/t20?,21-,22-,23+,26+,29+,30+,33+/m0/s1. The highest BCUT2D eigenvalue weighted by Crippen LogP contribution is 2.50. The number of allylic oxidation sites excluding steroid dienone is 1. The fraction of sp³-hybridized carbons (Fsp3) is 0.429. The number of hydrogen-bond acceptors (Lipinski definition) is 20. The molecule has 4 aromatic rings. The first kappa shape index (κ1) is 47.5. The average molecular weight is 940 g/mol. The van der Waals surface area contributed by atoms with Crippen molar-refractivity contribution >= 4 is 67.2 Å². The van der Waals surface area contributed by atoms with Crippen molar-refractivity contribution in [3.05, 3.63) is 78.4 Å². The highest BCUT2D eigenvalue weighted by Gasteiger charge is 2.50. The first-order valence-corrected chi connectivity index (χ1v) is 22.7. The third-order valence-electron chi connectivity index (χ3n) is 9.45. The number of benzene rings is 1. The number of imidazole rings is 1. The SMILES string of the molecule is C=CCCC(=O)NC(CCC(=O)Sc1ccccc1)C(=O)O[C@H]1[C@@H](O)[C@H](n2cnc3c(N)ncnc32)O[C@@H]1COP(=O)(O)O[C@H]1C[C@H](n2ccc(N)nc2=O)O[C@H]1COP(=O)(O)O. The van der Waals surface area contributed by atoms with Crippen LogP contribution in [0.15, 0.2) is 77.6 Å². The van der Waals surface area contributed by atoms with E-state index in [1.54, 1.807) is 30.3 Å². The van der Waals surface area contributed by atoms with Gasteiger partial charge in [-0.15, -0.1) is 6.58 Å². The molecular formula is C35H43N9O16P2S. The predicted octanol–water partition coefficient (Wildman–Crippen LogP) is 0.867. The number of amides is 1. The summed E-state index contributed by atoms with van der Waals surface area (Å²) in [6, 6.07) is 8.58. The third-order valence-corrected chi connectivity index (χ3v) is 11.9. The second-order valence-corrected chi connectivity index (χ2v) is 17.7. The van der Waals surface area contributed by atoms with Gasteiger partial charge in [-0.05, 0) is 31.0 Å². The van der Waals surface area contributed by atoms with Gasteiger partial charge in [0.25, 0.3) is 0 Å². The molecule has 3 aromatic heterocycles. The van der Waals surface area contributed by atoms with Crippen molar-refractivity contribution in [2.75, 3.05) is 24.7 Å². The molecule has 0 saturated carbocycles. The Morgan fingerprint density at radius 3 is 2.48 bits per heavy atom. The molecule has 0 spiro atoms. The largest absolute Gasteiger partial charge is 0.472 e. The molecule has 9 atom stereocenters. The predicted molar refractivity (Wildman–Crippen MR) is 218 cm³/mol. The molecule has 63 heavy (non-hydrogen) atoms. The number of nitrogens with zero attached hydrogens (tertiary/aromatic N) is 6. The minimum absolute atomic E-state index is 0.0114. The number of aromatic nitrogens is 6. The van der Waals surface area contributed by atoms with Crippen molar-refractivity contribution in [2.24, 2.45) is 0 Å². The van der Waals surface area contributed by atoms with Crippen LogP contribution < -0.4 is 22.5 Å². The molecule has 28 heteroatoms. The fourth-order valence-corrected chi connectivity index (χ4v) is 8.58. The van der Waals surface area contributed by atoms with Crippen LogP contribution in [0.2, 0.25) is 0 Å². The second-order valence-electron chi connectivity index (χ2n) is 13.9. The molecule has 2 saturated heterocycles. The Morgan fingerprint density at radius 2 is 1.76 bits per heavy atom. The monoisotopic (exact) mass is 939 g/mol. The van der Waals surface area contributed by atoms with Crippen LogP contribution in [0.4, 0.5) is 11.6 Å². The molecule has 5 heterocycles. The maximum absolute atomic E-state index is 13.9. The highest BCUT2D eigenvalue weighted by atomic mass is 32.2. The Balaban J connectivity index is 1.22. The van der Waals surface area contributed by atoms with Gasteiger partial charge in [-0.3, -0.25) is 32.3 Å². The summed E-state index contributed by atoms with van der Waals surface area (Å²) >= 11 is 0.933. The van der Waals surface area contributed by atoms with Crippen molar-refractivity contribution < 1.29 is 71.1 Å². The van der Waals surface area contributed by atoms with E-state index in [1.165, 1.54) is 29.2 Å². The fourth-order valence-electron chi connectivity index (χ4n) is 6.50. The smallest absolute Gasteiger partial charge is 0.455 e. The molecule has 25 nitrogen and oxygen atoms in total. The number of nitrogens with one attached hydrogen (secondary N) is 1. The number of phosphoric acid groups is 2. The molecule has 0 aliphatic carbocycles. The summed E-state index contributed by atoms with van der Waals surface area (Å²) in [5, 5.41) is 13.9. The van der Waals surface area contributed by atoms with Gasteiger partial charge in [0.15, 0.2) is 28.9 Å². The number of aliphatic hydroxyl groups is 1. The molecule has 9 N–H and O–H groups in total. The Morgan fingerprint density at radius 1 is 1.02 bits per heavy atom. The van der Waals surface area contributed by atoms with Gasteiger partial charge >= 0.3 is 27.3 Å². The Kier molecular flexibility index (Phi) is 15.6. The number of nitrogens with two attached hydrogens (primary N) is 2. The lowest BCUT2D eigenvalue weighted by molar-refractivity contribution is -0.160. The number of carbonyl (C=O) groups excluding carboxylic acids is 3. The van der Waals surface area contributed by atoms with Crippen LogP contribution in [-0.2, 0) is 51.3 Å². The maximum atomic E-state index is 13.9. The zero-order chi connectivity index (χ0) is 45.5. The van der Waals surface area contributed by atoms with Crippen molar-refractivity contribution in [2.45, 2.75) is 86.0 Å². The van der Waals surface area contributed by atoms with Gasteiger partial charge in [-0.25, -0.2) is 33.7 Å². The summed E-state index contributed by atoms with van der Waals surface area (Å²) in [5.74, 6) is -1.79. The summed E-state index contributed by atoms with van der Waals surface area (Å²) < 4.78 is 60.1.